The topological polar surface area (TPSA) is 18.5 Å². The van der Waals surface area contributed by atoms with Crippen LogP contribution in [0, 0.1) is 5.92 Å². The SMILES string of the molecule is C=C(C)COC1(C)OCC1CC. The van der Waals surface area contributed by atoms with E-state index in [2.05, 4.69) is 13.5 Å². The molecule has 12 heavy (non-hydrogen) atoms. The monoisotopic (exact) mass is 170 g/mol. The average molecular weight is 170 g/mol. The van der Waals surface area contributed by atoms with Crippen LogP contribution in [-0.4, -0.2) is 19.0 Å². The average Bonchev–Trinajstić information content (AvgIpc) is 1.99. The van der Waals surface area contributed by atoms with E-state index in [1.54, 1.807) is 0 Å². The standard InChI is InChI=1S/C10H18O2/c1-5-9-7-12-10(9,4)11-6-8(2)3/h9H,2,5-7H2,1,3-4H3. The van der Waals surface area contributed by atoms with Crippen molar-refractivity contribution >= 4 is 0 Å². The molecule has 1 rings (SSSR count). The van der Waals surface area contributed by atoms with Gasteiger partial charge in [0.25, 0.3) is 0 Å². The molecule has 0 bridgehead atoms. The first-order valence-corrected chi connectivity index (χ1v) is 4.50. The lowest BCUT2D eigenvalue weighted by atomic mass is 9.92. The third-order valence-corrected chi connectivity index (χ3v) is 2.41. The Labute approximate surface area is 74.6 Å². The molecule has 0 radical (unpaired) electrons. The summed E-state index contributed by atoms with van der Waals surface area (Å²) in [7, 11) is 0. The Hall–Kier alpha value is -0.340. The smallest absolute Gasteiger partial charge is 0.170 e. The number of hydrogen-bond acceptors (Lipinski definition) is 2. The predicted molar refractivity (Wildman–Crippen MR) is 48.9 cm³/mol. The van der Waals surface area contributed by atoms with Gasteiger partial charge in [0.05, 0.1) is 13.2 Å². The molecule has 1 saturated heterocycles. The zero-order valence-electron chi connectivity index (χ0n) is 8.22. The van der Waals surface area contributed by atoms with Crippen LogP contribution in [0.15, 0.2) is 12.2 Å². The molecular formula is C10H18O2. The van der Waals surface area contributed by atoms with Crippen LogP contribution in [0.25, 0.3) is 0 Å². The van der Waals surface area contributed by atoms with Crippen molar-refractivity contribution < 1.29 is 9.47 Å². The molecule has 2 nitrogen and oxygen atoms in total. The Bertz CT molecular complexity index is 175. The van der Waals surface area contributed by atoms with Gasteiger partial charge in [0.2, 0.25) is 0 Å². The van der Waals surface area contributed by atoms with Crippen molar-refractivity contribution in [2.45, 2.75) is 33.0 Å². The third kappa shape index (κ3) is 1.87. The maximum absolute atomic E-state index is 5.61. The Morgan fingerprint density at radius 3 is 2.75 bits per heavy atom. The van der Waals surface area contributed by atoms with E-state index in [-0.39, 0.29) is 5.79 Å². The molecule has 1 aliphatic rings. The van der Waals surface area contributed by atoms with E-state index in [4.69, 9.17) is 9.47 Å². The Kier molecular flexibility index (Phi) is 2.91. The molecule has 70 valence electrons. The first kappa shape index (κ1) is 9.75. The largest absolute Gasteiger partial charge is 0.349 e. The van der Waals surface area contributed by atoms with Gasteiger partial charge in [0.15, 0.2) is 5.79 Å². The van der Waals surface area contributed by atoms with Crippen LogP contribution in [0.5, 0.6) is 0 Å². The van der Waals surface area contributed by atoms with Gasteiger partial charge in [-0.3, -0.25) is 0 Å². The highest BCUT2D eigenvalue weighted by atomic mass is 16.7. The lowest BCUT2D eigenvalue weighted by Gasteiger charge is -2.46. The fourth-order valence-corrected chi connectivity index (χ4v) is 1.35. The first-order valence-electron chi connectivity index (χ1n) is 4.50. The summed E-state index contributed by atoms with van der Waals surface area (Å²) < 4.78 is 11.0. The summed E-state index contributed by atoms with van der Waals surface area (Å²) in [5.74, 6) is 0.213. The van der Waals surface area contributed by atoms with Crippen LogP contribution >= 0.6 is 0 Å². The van der Waals surface area contributed by atoms with Gasteiger partial charge in [-0.05, 0) is 20.3 Å². The fraction of sp³-hybridized carbons (Fsp3) is 0.800. The molecule has 0 aromatic rings. The summed E-state index contributed by atoms with van der Waals surface area (Å²) in [4.78, 5) is 0. The van der Waals surface area contributed by atoms with Gasteiger partial charge < -0.3 is 9.47 Å². The van der Waals surface area contributed by atoms with Crippen LogP contribution in [0.1, 0.15) is 27.2 Å². The highest BCUT2D eigenvalue weighted by Gasteiger charge is 2.44. The lowest BCUT2D eigenvalue weighted by molar-refractivity contribution is -0.334. The molecule has 2 unspecified atom stereocenters. The van der Waals surface area contributed by atoms with E-state index in [9.17, 15) is 0 Å². The molecule has 0 aromatic carbocycles. The van der Waals surface area contributed by atoms with Crippen LogP contribution in [-0.2, 0) is 9.47 Å². The minimum absolute atomic E-state index is 0.340. The molecule has 0 amide bonds. The second-order valence-electron chi connectivity index (χ2n) is 3.68. The zero-order chi connectivity index (χ0) is 9.19. The third-order valence-electron chi connectivity index (χ3n) is 2.41. The number of hydrogen-bond donors (Lipinski definition) is 0. The van der Waals surface area contributed by atoms with Crippen molar-refractivity contribution in [1.29, 1.82) is 0 Å². The molecule has 1 fully saturated rings. The molecule has 2 heteroatoms. The molecule has 0 aliphatic carbocycles. The molecular weight excluding hydrogens is 152 g/mol. The van der Waals surface area contributed by atoms with Gasteiger partial charge in [-0.25, -0.2) is 0 Å². The van der Waals surface area contributed by atoms with Gasteiger partial charge in [-0.1, -0.05) is 19.1 Å². The van der Waals surface area contributed by atoms with Crippen LogP contribution in [0.3, 0.4) is 0 Å². The van der Waals surface area contributed by atoms with Gasteiger partial charge in [0, 0.05) is 5.92 Å². The Morgan fingerprint density at radius 2 is 2.42 bits per heavy atom. The van der Waals surface area contributed by atoms with Gasteiger partial charge in [-0.15, -0.1) is 0 Å². The van der Waals surface area contributed by atoms with E-state index >= 15 is 0 Å². The molecule has 0 saturated carbocycles. The molecule has 1 heterocycles. The highest BCUT2D eigenvalue weighted by molar-refractivity contribution is 4.91. The van der Waals surface area contributed by atoms with Crippen molar-refractivity contribution in [1.82, 2.24) is 0 Å². The van der Waals surface area contributed by atoms with Gasteiger partial charge in [0.1, 0.15) is 0 Å². The quantitative estimate of drug-likeness (QED) is 0.603. The first-order chi connectivity index (χ1) is 5.58. The van der Waals surface area contributed by atoms with Crippen molar-refractivity contribution in [2.24, 2.45) is 5.92 Å². The van der Waals surface area contributed by atoms with E-state index in [0.29, 0.717) is 12.5 Å². The van der Waals surface area contributed by atoms with Crippen molar-refractivity contribution in [3.63, 3.8) is 0 Å². The Balaban J connectivity index is 2.34. The zero-order valence-corrected chi connectivity index (χ0v) is 8.22. The van der Waals surface area contributed by atoms with Gasteiger partial charge in [-0.2, -0.15) is 0 Å². The summed E-state index contributed by atoms with van der Waals surface area (Å²) in [6.07, 6.45) is 1.12. The predicted octanol–water partition coefficient (Wildman–Crippen LogP) is 2.35. The summed E-state index contributed by atoms with van der Waals surface area (Å²) >= 11 is 0. The summed E-state index contributed by atoms with van der Waals surface area (Å²) in [5, 5.41) is 0. The van der Waals surface area contributed by atoms with E-state index < -0.39 is 0 Å². The molecule has 0 spiro atoms. The summed E-state index contributed by atoms with van der Waals surface area (Å²) in [6.45, 7) is 11.4. The minimum atomic E-state index is -0.340. The second kappa shape index (κ2) is 3.58. The number of ether oxygens (including phenoxy) is 2. The molecule has 1 aliphatic heterocycles. The fourth-order valence-electron chi connectivity index (χ4n) is 1.35. The van der Waals surface area contributed by atoms with Crippen molar-refractivity contribution in [3.05, 3.63) is 12.2 Å². The van der Waals surface area contributed by atoms with Crippen LogP contribution in [0.4, 0.5) is 0 Å². The lowest BCUT2D eigenvalue weighted by Crippen LogP contribution is -2.53. The Morgan fingerprint density at radius 1 is 1.75 bits per heavy atom. The summed E-state index contributed by atoms with van der Waals surface area (Å²) in [6, 6.07) is 0. The number of rotatable bonds is 4. The van der Waals surface area contributed by atoms with Crippen LogP contribution < -0.4 is 0 Å². The minimum Gasteiger partial charge on any atom is -0.349 e. The summed E-state index contributed by atoms with van der Waals surface area (Å²) in [5.41, 5.74) is 1.04. The molecule has 2 atom stereocenters. The maximum Gasteiger partial charge on any atom is 0.170 e. The molecule has 0 N–H and O–H groups in total. The van der Waals surface area contributed by atoms with Crippen molar-refractivity contribution in [3.8, 4) is 0 Å². The van der Waals surface area contributed by atoms with E-state index in [1.807, 2.05) is 13.8 Å². The molecule has 0 aromatic heterocycles. The second-order valence-corrected chi connectivity index (χ2v) is 3.68. The normalized spacial score (nSPS) is 34.4. The highest BCUT2D eigenvalue weighted by Crippen LogP contribution is 2.36. The van der Waals surface area contributed by atoms with Gasteiger partial charge >= 0.3 is 0 Å². The van der Waals surface area contributed by atoms with E-state index in [0.717, 1.165) is 18.6 Å². The van der Waals surface area contributed by atoms with E-state index in [1.165, 1.54) is 0 Å². The van der Waals surface area contributed by atoms with Crippen LogP contribution in [0.2, 0.25) is 0 Å². The van der Waals surface area contributed by atoms with Crippen molar-refractivity contribution in [2.75, 3.05) is 13.2 Å². The maximum atomic E-state index is 5.61.